The van der Waals surface area contributed by atoms with Crippen LogP contribution in [0.5, 0.6) is 5.75 Å². The second-order valence-electron chi connectivity index (χ2n) is 8.40. The fraction of sp³-hybridized carbons (Fsp3) is 0.400. The summed E-state index contributed by atoms with van der Waals surface area (Å²) in [5, 5.41) is 10.6. The monoisotopic (exact) mass is 470 g/mol. The number of hydrogen-bond donors (Lipinski definition) is 1. The van der Waals surface area contributed by atoms with Gasteiger partial charge in [-0.3, -0.25) is 4.79 Å². The van der Waals surface area contributed by atoms with E-state index in [4.69, 9.17) is 21.1 Å². The number of halogens is 1. The molecule has 1 fully saturated rings. The normalized spacial score (nSPS) is 23.2. The van der Waals surface area contributed by atoms with Gasteiger partial charge in [0, 0.05) is 24.4 Å². The SMILES string of the molecule is COc1ccccc1CC1C(=O)N(C[C@@H]2CCCO2)C(C)=C(C(=O)O)[C@@H]1c1ccc(Cl)nc1. The van der Waals surface area contributed by atoms with Crippen LogP contribution in [0.4, 0.5) is 0 Å². The van der Waals surface area contributed by atoms with Crippen molar-refractivity contribution in [3.63, 3.8) is 0 Å². The van der Waals surface area contributed by atoms with Gasteiger partial charge in [0.05, 0.1) is 31.2 Å². The number of carbonyl (C=O) groups is 2. The molecule has 2 aliphatic heterocycles. The van der Waals surface area contributed by atoms with Gasteiger partial charge in [0.1, 0.15) is 10.9 Å². The van der Waals surface area contributed by atoms with Crippen molar-refractivity contribution in [2.45, 2.75) is 38.2 Å². The number of amides is 1. The third-order valence-electron chi connectivity index (χ3n) is 6.47. The molecule has 1 aromatic heterocycles. The second kappa shape index (κ2) is 9.93. The Morgan fingerprint density at radius 3 is 2.73 bits per heavy atom. The summed E-state index contributed by atoms with van der Waals surface area (Å²) in [4.78, 5) is 32.2. The van der Waals surface area contributed by atoms with E-state index in [-0.39, 0.29) is 17.6 Å². The van der Waals surface area contributed by atoms with Crippen molar-refractivity contribution in [2.75, 3.05) is 20.3 Å². The van der Waals surface area contributed by atoms with Crippen molar-refractivity contribution in [3.8, 4) is 5.75 Å². The Kier molecular flexibility index (Phi) is 7.00. The third kappa shape index (κ3) is 4.75. The number of carboxylic acids is 1. The molecular formula is C25H27ClN2O5. The number of aliphatic carboxylic acids is 1. The molecule has 0 radical (unpaired) electrons. The van der Waals surface area contributed by atoms with E-state index >= 15 is 0 Å². The van der Waals surface area contributed by atoms with Crippen molar-refractivity contribution in [2.24, 2.45) is 5.92 Å². The molecule has 2 aliphatic rings. The summed E-state index contributed by atoms with van der Waals surface area (Å²) in [6.07, 6.45) is 3.56. The molecule has 0 spiro atoms. The highest BCUT2D eigenvalue weighted by Gasteiger charge is 2.45. The zero-order chi connectivity index (χ0) is 23.5. The van der Waals surface area contributed by atoms with Crippen LogP contribution in [-0.4, -0.2) is 53.2 Å². The zero-order valence-corrected chi connectivity index (χ0v) is 19.4. The first-order valence-corrected chi connectivity index (χ1v) is 11.4. The standard InChI is InChI=1S/C25H27ClN2O5/c1-15-22(25(30)31)23(17-9-10-21(26)27-13-17)19(12-16-6-3-4-8-20(16)32-2)24(29)28(15)14-18-7-5-11-33-18/h3-4,6,8-10,13,18-19,23H,5,7,11-12,14H2,1-2H3,(H,30,31)/t18-,19?,23+/m0/s1. The molecule has 1 aromatic carbocycles. The summed E-state index contributed by atoms with van der Waals surface area (Å²) in [5.41, 5.74) is 2.11. The summed E-state index contributed by atoms with van der Waals surface area (Å²) < 4.78 is 11.3. The molecule has 2 aromatic rings. The van der Waals surface area contributed by atoms with Crippen LogP contribution in [0, 0.1) is 5.92 Å². The molecule has 1 amide bonds. The summed E-state index contributed by atoms with van der Waals surface area (Å²) in [6, 6.07) is 10.9. The van der Waals surface area contributed by atoms with E-state index in [1.165, 1.54) is 0 Å². The van der Waals surface area contributed by atoms with E-state index in [0.717, 1.165) is 18.4 Å². The van der Waals surface area contributed by atoms with Gasteiger partial charge in [0.2, 0.25) is 5.91 Å². The maximum Gasteiger partial charge on any atom is 0.333 e. The van der Waals surface area contributed by atoms with Crippen molar-refractivity contribution in [3.05, 3.63) is 70.1 Å². The van der Waals surface area contributed by atoms with Crippen LogP contribution in [0.1, 0.15) is 36.8 Å². The smallest absolute Gasteiger partial charge is 0.333 e. The second-order valence-corrected chi connectivity index (χ2v) is 8.79. The van der Waals surface area contributed by atoms with Crippen LogP contribution < -0.4 is 4.74 Å². The highest BCUT2D eigenvalue weighted by atomic mass is 35.5. The van der Waals surface area contributed by atoms with Crippen LogP contribution >= 0.6 is 11.6 Å². The van der Waals surface area contributed by atoms with E-state index in [1.807, 2.05) is 24.3 Å². The molecule has 0 saturated carbocycles. The Balaban J connectivity index is 1.82. The minimum absolute atomic E-state index is 0.0976. The number of benzene rings is 1. The lowest BCUT2D eigenvalue weighted by Crippen LogP contribution is -2.47. The van der Waals surface area contributed by atoms with E-state index in [1.54, 1.807) is 37.3 Å². The van der Waals surface area contributed by atoms with E-state index < -0.39 is 17.8 Å². The van der Waals surface area contributed by atoms with Gasteiger partial charge < -0.3 is 19.5 Å². The van der Waals surface area contributed by atoms with Gasteiger partial charge in [-0.25, -0.2) is 9.78 Å². The van der Waals surface area contributed by atoms with Gasteiger partial charge in [-0.05, 0) is 49.4 Å². The Hall–Kier alpha value is -2.90. The molecule has 3 heterocycles. The van der Waals surface area contributed by atoms with Crippen molar-refractivity contribution in [1.82, 2.24) is 9.88 Å². The van der Waals surface area contributed by atoms with E-state index in [2.05, 4.69) is 4.98 Å². The maximum atomic E-state index is 13.9. The summed E-state index contributed by atoms with van der Waals surface area (Å²) >= 11 is 5.99. The molecule has 1 unspecified atom stereocenters. The van der Waals surface area contributed by atoms with Gasteiger partial charge in [-0.15, -0.1) is 0 Å². The molecule has 1 N–H and O–H groups in total. The number of pyridine rings is 1. The number of carboxylic acid groups (broad SMARTS) is 1. The molecule has 0 aliphatic carbocycles. The minimum Gasteiger partial charge on any atom is -0.496 e. The lowest BCUT2D eigenvalue weighted by Gasteiger charge is -2.40. The summed E-state index contributed by atoms with van der Waals surface area (Å²) in [7, 11) is 1.58. The molecule has 3 atom stereocenters. The number of aromatic nitrogens is 1. The average Bonchev–Trinajstić information content (AvgIpc) is 3.32. The Morgan fingerprint density at radius 2 is 2.09 bits per heavy atom. The van der Waals surface area contributed by atoms with Gasteiger partial charge in [0.25, 0.3) is 0 Å². The van der Waals surface area contributed by atoms with Gasteiger partial charge in [-0.2, -0.15) is 0 Å². The fourth-order valence-corrected chi connectivity index (χ4v) is 4.98. The van der Waals surface area contributed by atoms with Crippen LogP contribution in [-0.2, 0) is 20.7 Å². The van der Waals surface area contributed by atoms with Crippen LogP contribution in [0.2, 0.25) is 5.15 Å². The predicted molar refractivity (Wildman–Crippen MR) is 123 cm³/mol. The summed E-state index contributed by atoms with van der Waals surface area (Å²) in [5.74, 6) is -1.85. The topological polar surface area (TPSA) is 89.0 Å². The molecule has 7 nitrogen and oxygen atoms in total. The number of ether oxygens (including phenoxy) is 2. The molecule has 1 saturated heterocycles. The molecule has 174 valence electrons. The number of rotatable bonds is 7. The quantitative estimate of drug-likeness (QED) is 0.614. The first kappa shape index (κ1) is 23.3. The highest BCUT2D eigenvalue weighted by Crippen LogP contribution is 2.43. The molecule has 33 heavy (non-hydrogen) atoms. The lowest BCUT2D eigenvalue weighted by molar-refractivity contribution is -0.139. The molecule has 0 bridgehead atoms. The average molecular weight is 471 g/mol. The number of allylic oxidation sites excluding steroid dienone is 1. The molecular weight excluding hydrogens is 444 g/mol. The number of para-hydroxylation sites is 1. The molecule has 8 heteroatoms. The zero-order valence-electron chi connectivity index (χ0n) is 18.7. The highest BCUT2D eigenvalue weighted by molar-refractivity contribution is 6.29. The number of carbonyl (C=O) groups excluding carboxylic acids is 1. The lowest BCUT2D eigenvalue weighted by atomic mass is 9.74. The van der Waals surface area contributed by atoms with Gasteiger partial charge >= 0.3 is 5.97 Å². The van der Waals surface area contributed by atoms with Crippen molar-refractivity contribution in [1.29, 1.82) is 0 Å². The first-order valence-electron chi connectivity index (χ1n) is 11.0. The third-order valence-corrected chi connectivity index (χ3v) is 6.70. The number of hydrogen-bond acceptors (Lipinski definition) is 5. The van der Waals surface area contributed by atoms with Crippen LogP contribution in [0.25, 0.3) is 0 Å². The first-order chi connectivity index (χ1) is 15.9. The minimum atomic E-state index is -1.05. The number of nitrogens with zero attached hydrogens (tertiary/aromatic N) is 2. The van der Waals surface area contributed by atoms with Crippen molar-refractivity contribution < 1.29 is 24.2 Å². The van der Waals surface area contributed by atoms with Gasteiger partial charge in [0.15, 0.2) is 0 Å². The Bertz CT molecular complexity index is 1060. The number of methoxy groups -OCH3 is 1. The Labute approximate surface area is 198 Å². The van der Waals surface area contributed by atoms with Gasteiger partial charge in [-0.1, -0.05) is 35.9 Å². The predicted octanol–water partition coefficient (Wildman–Crippen LogP) is 4.07. The largest absolute Gasteiger partial charge is 0.496 e. The Morgan fingerprint density at radius 1 is 1.30 bits per heavy atom. The fourth-order valence-electron chi connectivity index (χ4n) is 4.87. The maximum absolute atomic E-state index is 13.9. The summed E-state index contributed by atoms with van der Waals surface area (Å²) in [6.45, 7) is 2.70. The van der Waals surface area contributed by atoms with Crippen molar-refractivity contribution >= 4 is 23.5 Å². The van der Waals surface area contributed by atoms with E-state index in [9.17, 15) is 14.7 Å². The van der Waals surface area contributed by atoms with Crippen LogP contribution in [0.3, 0.4) is 0 Å². The van der Waals surface area contributed by atoms with E-state index in [0.29, 0.717) is 41.7 Å². The molecule has 4 rings (SSSR count). The van der Waals surface area contributed by atoms with Crippen LogP contribution in [0.15, 0.2) is 53.9 Å².